The van der Waals surface area contributed by atoms with Gasteiger partial charge in [-0.2, -0.15) is 0 Å². The summed E-state index contributed by atoms with van der Waals surface area (Å²) in [6, 6.07) is 4.11. The Morgan fingerprint density at radius 1 is 1.35 bits per heavy atom. The van der Waals surface area contributed by atoms with Crippen LogP contribution >= 0.6 is 38.6 Å². The molecule has 1 unspecified atom stereocenters. The predicted molar refractivity (Wildman–Crippen MR) is 79.5 cm³/mol. The van der Waals surface area contributed by atoms with Crippen LogP contribution in [0.4, 0.5) is 0 Å². The molecule has 0 spiro atoms. The van der Waals surface area contributed by atoms with E-state index in [4.69, 9.17) is 5.73 Å². The van der Waals surface area contributed by atoms with E-state index in [1.165, 1.54) is 4.88 Å². The molecule has 0 aromatic carbocycles. The summed E-state index contributed by atoms with van der Waals surface area (Å²) in [6.45, 7) is 6.42. The van der Waals surface area contributed by atoms with Gasteiger partial charge in [-0.1, -0.05) is 20.8 Å². The molecular weight excluding hydrogens is 316 g/mol. The number of aromatic nitrogens is 1. The maximum absolute atomic E-state index is 6.21. The van der Waals surface area contributed by atoms with E-state index in [9.17, 15) is 0 Å². The number of nitrogens with zero attached hydrogens (tertiary/aromatic N) is 1. The number of nitrogens with two attached hydrogens (primary N) is 1. The fourth-order valence-corrected chi connectivity index (χ4v) is 3.85. The van der Waals surface area contributed by atoms with E-state index in [2.05, 4.69) is 53.1 Å². The van der Waals surface area contributed by atoms with Crippen LogP contribution in [0.5, 0.6) is 0 Å². The molecule has 0 radical (unpaired) electrons. The summed E-state index contributed by atoms with van der Waals surface area (Å²) in [5.74, 6) is 0. The normalized spacial score (nSPS) is 13.9. The second-order valence-corrected chi connectivity index (χ2v) is 8.37. The molecule has 5 heteroatoms. The van der Waals surface area contributed by atoms with Gasteiger partial charge >= 0.3 is 0 Å². The summed E-state index contributed by atoms with van der Waals surface area (Å²) in [5.41, 5.74) is 7.29. The number of hydrogen-bond acceptors (Lipinski definition) is 4. The third-order valence-corrected chi connectivity index (χ3v) is 5.12. The van der Waals surface area contributed by atoms with Crippen molar-refractivity contribution in [2.45, 2.75) is 26.8 Å². The lowest BCUT2D eigenvalue weighted by molar-refractivity contribution is 0.326. The number of thiazole rings is 1. The molecule has 0 aliphatic heterocycles. The maximum atomic E-state index is 6.21. The second kappa shape index (κ2) is 4.80. The van der Waals surface area contributed by atoms with Crippen molar-refractivity contribution in [1.29, 1.82) is 0 Å². The zero-order valence-electron chi connectivity index (χ0n) is 10.0. The van der Waals surface area contributed by atoms with Crippen molar-refractivity contribution in [3.05, 3.63) is 26.3 Å². The Kier molecular flexibility index (Phi) is 3.73. The summed E-state index contributed by atoms with van der Waals surface area (Å²) in [4.78, 5) is 5.82. The monoisotopic (exact) mass is 330 g/mol. The molecule has 0 aliphatic carbocycles. The van der Waals surface area contributed by atoms with Crippen molar-refractivity contribution < 1.29 is 0 Å². The summed E-state index contributed by atoms with van der Waals surface area (Å²) in [5, 5.41) is 3.09. The minimum absolute atomic E-state index is 0.00958. The molecule has 0 aliphatic rings. The van der Waals surface area contributed by atoms with Gasteiger partial charge in [0, 0.05) is 5.38 Å². The van der Waals surface area contributed by atoms with Crippen LogP contribution in [0.15, 0.2) is 21.3 Å². The van der Waals surface area contributed by atoms with E-state index in [0.29, 0.717) is 0 Å². The summed E-state index contributed by atoms with van der Waals surface area (Å²) in [6.07, 6.45) is 0. The van der Waals surface area contributed by atoms with Gasteiger partial charge < -0.3 is 5.73 Å². The van der Waals surface area contributed by atoms with E-state index in [1.807, 2.05) is 6.07 Å². The highest BCUT2D eigenvalue weighted by molar-refractivity contribution is 9.11. The predicted octanol–water partition coefficient (Wildman–Crippen LogP) is 4.68. The number of thiophene rings is 1. The Morgan fingerprint density at radius 2 is 2.06 bits per heavy atom. The quantitative estimate of drug-likeness (QED) is 0.868. The van der Waals surface area contributed by atoms with Crippen LogP contribution < -0.4 is 5.73 Å². The highest BCUT2D eigenvalue weighted by Gasteiger charge is 2.25. The summed E-state index contributed by atoms with van der Waals surface area (Å²) in [7, 11) is 0. The smallest absolute Gasteiger partial charge is 0.111 e. The van der Waals surface area contributed by atoms with Crippen molar-refractivity contribution in [2.24, 2.45) is 11.1 Å². The minimum Gasteiger partial charge on any atom is -0.322 e. The van der Waals surface area contributed by atoms with Gasteiger partial charge in [-0.15, -0.1) is 22.7 Å². The molecule has 2 rings (SSSR count). The molecule has 2 aromatic rings. The first-order chi connectivity index (χ1) is 7.88. The molecule has 2 aromatic heterocycles. The van der Waals surface area contributed by atoms with Gasteiger partial charge in [0.05, 0.1) is 20.4 Å². The molecule has 0 saturated carbocycles. The molecule has 1 atom stereocenters. The molecule has 0 saturated heterocycles. The van der Waals surface area contributed by atoms with Gasteiger partial charge in [0.15, 0.2) is 0 Å². The average Bonchev–Trinajstić information content (AvgIpc) is 2.83. The van der Waals surface area contributed by atoms with Gasteiger partial charge in [0.1, 0.15) is 5.01 Å². The van der Waals surface area contributed by atoms with Gasteiger partial charge in [0.2, 0.25) is 0 Å². The van der Waals surface area contributed by atoms with Gasteiger partial charge in [0.25, 0.3) is 0 Å². The van der Waals surface area contributed by atoms with Crippen molar-refractivity contribution in [3.8, 4) is 10.6 Å². The molecule has 0 bridgehead atoms. The molecule has 92 valence electrons. The lowest BCUT2D eigenvalue weighted by Crippen LogP contribution is -2.26. The van der Waals surface area contributed by atoms with Crippen LogP contribution in [-0.2, 0) is 0 Å². The lowest BCUT2D eigenvalue weighted by atomic mass is 9.88. The highest BCUT2D eigenvalue weighted by Crippen LogP contribution is 2.36. The maximum Gasteiger partial charge on any atom is 0.111 e. The Bertz CT molecular complexity index is 511. The van der Waals surface area contributed by atoms with E-state index >= 15 is 0 Å². The lowest BCUT2D eigenvalue weighted by Gasteiger charge is -2.24. The van der Waals surface area contributed by atoms with Crippen LogP contribution in [0.1, 0.15) is 31.8 Å². The Hall–Kier alpha value is -0.230. The largest absolute Gasteiger partial charge is 0.322 e. The molecule has 2 nitrogen and oxygen atoms in total. The first-order valence-corrected chi connectivity index (χ1v) is 7.83. The molecule has 0 fully saturated rings. The minimum atomic E-state index is -0.00958. The molecule has 2 N–H and O–H groups in total. The van der Waals surface area contributed by atoms with Gasteiger partial charge in [-0.25, -0.2) is 4.98 Å². The summed E-state index contributed by atoms with van der Waals surface area (Å²) < 4.78 is 1.13. The molecule has 17 heavy (non-hydrogen) atoms. The van der Waals surface area contributed by atoms with E-state index < -0.39 is 0 Å². The molecule has 2 heterocycles. The van der Waals surface area contributed by atoms with Crippen LogP contribution in [-0.4, -0.2) is 4.98 Å². The second-order valence-electron chi connectivity index (χ2n) is 5.02. The van der Waals surface area contributed by atoms with Crippen molar-refractivity contribution in [1.82, 2.24) is 4.98 Å². The number of hydrogen-bond donors (Lipinski definition) is 1. The Labute approximate surface area is 118 Å². The van der Waals surface area contributed by atoms with E-state index in [1.54, 1.807) is 22.7 Å². The van der Waals surface area contributed by atoms with Crippen molar-refractivity contribution in [3.63, 3.8) is 0 Å². The fourth-order valence-electron chi connectivity index (χ4n) is 1.37. The first-order valence-electron chi connectivity index (χ1n) is 5.34. The zero-order valence-corrected chi connectivity index (χ0v) is 13.2. The van der Waals surface area contributed by atoms with Gasteiger partial charge in [-0.05, 0) is 33.5 Å². The van der Waals surface area contributed by atoms with Crippen molar-refractivity contribution in [2.75, 3.05) is 0 Å². The Morgan fingerprint density at radius 3 is 2.59 bits per heavy atom. The standard InChI is InChI=1S/C12H15BrN2S2/c1-12(2,3)10(14)11-15-7(6-16-11)8-4-5-9(13)17-8/h4-6,10H,14H2,1-3H3. The van der Waals surface area contributed by atoms with Crippen LogP contribution in [0.25, 0.3) is 10.6 Å². The fraction of sp³-hybridized carbons (Fsp3) is 0.417. The SMILES string of the molecule is CC(C)(C)C(N)c1nc(-c2ccc(Br)s2)cs1. The van der Waals surface area contributed by atoms with Crippen LogP contribution in [0.2, 0.25) is 0 Å². The van der Waals surface area contributed by atoms with Crippen LogP contribution in [0.3, 0.4) is 0 Å². The number of rotatable bonds is 2. The third-order valence-electron chi connectivity index (χ3n) is 2.55. The van der Waals surface area contributed by atoms with E-state index in [0.717, 1.165) is 14.5 Å². The molecule has 0 amide bonds. The topological polar surface area (TPSA) is 38.9 Å². The zero-order chi connectivity index (χ0) is 12.6. The average molecular weight is 331 g/mol. The van der Waals surface area contributed by atoms with E-state index in [-0.39, 0.29) is 11.5 Å². The van der Waals surface area contributed by atoms with Crippen LogP contribution in [0, 0.1) is 5.41 Å². The summed E-state index contributed by atoms with van der Waals surface area (Å²) >= 11 is 6.80. The van der Waals surface area contributed by atoms with Crippen molar-refractivity contribution >= 4 is 38.6 Å². The first kappa shape index (κ1) is 13.2. The third kappa shape index (κ3) is 2.96. The Balaban J connectivity index is 2.28. The number of halogens is 1. The highest BCUT2D eigenvalue weighted by atomic mass is 79.9. The molecular formula is C12H15BrN2S2. The van der Waals surface area contributed by atoms with Gasteiger partial charge in [-0.3, -0.25) is 0 Å².